The van der Waals surface area contributed by atoms with E-state index in [1.807, 2.05) is 7.05 Å². The molecule has 0 saturated heterocycles. The van der Waals surface area contributed by atoms with Crippen LogP contribution in [-0.4, -0.2) is 39.3 Å². The monoisotopic (exact) mass is 301 g/mol. The molecule has 0 unspecified atom stereocenters. The summed E-state index contributed by atoms with van der Waals surface area (Å²) in [7, 11) is 1.82. The molecule has 1 aromatic carbocycles. The molecule has 0 atom stereocenters. The fourth-order valence-corrected chi connectivity index (χ4v) is 2.76. The SMILES string of the molecule is CN=C(NCCOCC1CC1)NCC1(c2ccccc2)CC1. The Morgan fingerprint density at radius 3 is 2.64 bits per heavy atom. The molecule has 2 saturated carbocycles. The molecule has 0 amide bonds. The van der Waals surface area contributed by atoms with Gasteiger partial charge in [0.25, 0.3) is 0 Å². The van der Waals surface area contributed by atoms with E-state index >= 15 is 0 Å². The molecule has 4 heteroatoms. The molecule has 2 N–H and O–H groups in total. The molecule has 0 bridgehead atoms. The Morgan fingerprint density at radius 2 is 2.00 bits per heavy atom. The van der Waals surface area contributed by atoms with Crippen molar-refractivity contribution in [3.05, 3.63) is 35.9 Å². The van der Waals surface area contributed by atoms with Gasteiger partial charge in [-0.2, -0.15) is 0 Å². The smallest absolute Gasteiger partial charge is 0.191 e. The van der Waals surface area contributed by atoms with Crippen LogP contribution in [0.5, 0.6) is 0 Å². The topological polar surface area (TPSA) is 45.7 Å². The molecule has 2 aliphatic carbocycles. The maximum Gasteiger partial charge on any atom is 0.191 e. The average Bonchev–Trinajstić information content (AvgIpc) is 3.46. The summed E-state index contributed by atoms with van der Waals surface area (Å²) in [6, 6.07) is 10.8. The van der Waals surface area contributed by atoms with E-state index in [0.29, 0.717) is 5.41 Å². The summed E-state index contributed by atoms with van der Waals surface area (Å²) in [6.07, 6.45) is 5.20. The second-order valence-electron chi connectivity index (χ2n) is 6.52. The summed E-state index contributed by atoms with van der Waals surface area (Å²) in [5.74, 6) is 1.70. The van der Waals surface area contributed by atoms with Crippen molar-refractivity contribution in [2.24, 2.45) is 10.9 Å². The standard InChI is InChI=1S/C18H27N3O/c1-19-17(20-11-12-22-13-15-7-8-15)21-14-18(9-10-18)16-5-3-2-4-6-16/h2-6,15H,7-14H2,1H3,(H2,19,20,21). The number of ether oxygens (including phenoxy) is 1. The molecule has 0 aliphatic heterocycles. The van der Waals surface area contributed by atoms with Gasteiger partial charge in [-0.05, 0) is 37.2 Å². The number of benzene rings is 1. The van der Waals surface area contributed by atoms with E-state index in [-0.39, 0.29) is 0 Å². The van der Waals surface area contributed by atoms with Crippen LogP contribution in [0.1, 0.15) is 31.2 Å². The summed E-state index contributed by atoms with van der Waals surface area (Å²) in [6.45, 7) is 3.43. The second-order valence-corrected chi connectivity index (χ2v) is 6.52. The fourth-order valence-electron chi connectivity index (χ4n) is 2.76. The predicted octanol–water partition coefficient (Wildman–Crippen LogP) is 2.31. The van der Waals surface area contributed by atoms with Gasteiger partial charge in [-0.15, -0.1) is 0 Å². The van der Waals surface area contributed by atoms with Gasteiger partial charge in [-0.3, -0.25) is 4.99 Å². The van der Waals surface area contributed by atoms with Gasteiger partial charge in [0.15, 0.2) is 5.96 Å². The van der Waals surface area contributed by atoms with Crippen LogP contribution < -0.4 is 10.6 Å². The first-order valence-corrected chi connectivity index (χ1v) is 8.40. The molecule has 2 aliphatic rings. The summed E-state index contributed by atoms with van der Waals surface area (Å²) in [5.41, 5.74) is 1.74. The molecule has 0 radical (unpaired) electrons. The number of hydrogen-bond donors (Lipinski definition) is 2. The molecule has 4 nitrogen and oxygen atoms in total. The van der Waals surface area contributed by atoms with Crippen LogP contribution in [0, 0.1) is 5.92 Å². The minimum Gasteiger partial charge on any atom is -0.379 e. The zero-order chi connectivity index (χ0) is 15.3. The van der Waals surface area contributed by atoms with Gasteiger partial charge < -0.3 is 15.4 Å². The van der Waals surface area contributed by atoms with Crippen molar-refractivity contribution in [2.75, 3.05) is 33.4 Å². The number of nitrogens with zero attached hydrogens (tertiary/aromatic N) is 1. The molecule has 0 aromatic heterocycles. The Bertz CT molecular complexity index is 492. The first kappa shape index (κ1) is 15.3. The van der Waals surface area contributed by atoms with Gasteiger partial charge in [0.1, 0.15) is 0 Å². The average molecular weight is 301 g/mol. The quantitative estimate of drug-likeness (QED) is 0.440. The number of aliphatic imine (C=N–C) groups is 1. The lowest BCUT2D eigenvalue weighted by atomic mass is 9.96. The maximum atomic E-state index is 5.63. The van der Waals surface area contributed by atoms with E-state index in [1.165, 1.54) is 31.2 Å². The highest BCUT2D eigenvalue weighted by atomic mass is 16.5. The van der Waals surface area contributed by atoms with Gasteiger partial charge in [0.2, 0.25) is 0 Å². The van der Waals surface area contributed by atoms with E-state index in [4.69, 9.17) is 4.74 Å². The van der Waals surface area contributed by atoms with E-state index in [9.17, 15) is 0 Å². The van der Waals surface area contributed by atoms with Crippen LogP contribution in [0.25, 0.3) is 0 Å². The van der Waals surface area contributed by atoms with Crippen molar-refractivity contribution in [1.29, 1.82) is 0 Å². The van der Waals surface area contributed by atoms with Crippen molar-refractivity contribution in [3.8, 4) is 0 Å². The molecule has 1 aromatic rings. The van der Waals surface area contributed by atoms with E-state index in [1.54, 1.807) is 0 Å². The van der Waals surface area contributed by atoms with Crippen molar-refractivity contribution in [3.63, 3.8) is 0 Å². The molecule has 0 heterocycles. The van der Waals surface area contributed by atoms with Gasteiger partial charge in [-0.1, -0.05) is 30.3 Å². The van der Waals surface area contributed by atoms with Crippen molar-refractivity contribution in [1.82, 2.24) is 10.6 Å². The van der Waals surface area contributed by atoms with Crippen molar-refractivity contribution < 1.29 is 4.74 Å². The normalized spacial score (nSPS) is 19.8. The highest BCUT2D eigenvalue weighted by Gasteiger charge is 2.43. The highest BCUT2D eigenvalue weighted by molar-refractivity contribution is 5.79. The number of rotatable bonds is 8. The summed E-state index contributed by atoms with van der Waals surface area (Å²) in [5, 5.41) is 6.80. The largest absolute Gasteiger partial charge is 0.379 e. The van der Waals surface area contributed by atoms with Crippen LogP contribution in [0.4, 0.5) is 0 Å². The number of nitrogens with one attached hydrogen (secondary N) is 2. The lowest BCUT2D eigenvalue weighted by molar-refractivity contribution is 0.129. The summed E-state index contributed by atoms with van der Waals surface area (Å²) >= 11 is 0. The highest BCUT2D eigenvalue weighted by Crippen LogP contribution is 2.47. The van der Waals surface area contributed by atoms with Crippen LogP contribution in [0.2, 0.25) is 0 Å². The molecule has 2 fully saturated rings. The Morgan fingerprint density at radius 1 is 1.23 bits per heavy atom. The lowest BCUT2D eigenvalue weighted by Gasteiger charge is -2.19. The first-order valence-electron chi connectivity index (χ1n) is 8.40. The van der Waals surface area contributed by atoms with Crippen LogP contribution in [0.15, 0.2) is 35.3 Å². The van der Waals surface area contributed by atoms with Gasteiger partial charge in [-0.25, -0.2) is 0 Å². The van der Waals surface area contributed by atoms with Crippen molar-refractivity contribution >= 4 is 5.96 Å². The number of guanidine groups is 1. The Balaban J connectivity index is 1.37. The summed E-state index contributed by atoms with van der Waals surface area (Å²) in [4.78, 5) is 4.30. The van der Waals surface area contributed by atoms with E-state index in [2.05, 4.69) is 46.0 Å². The second kappa shape index (κ2) is 7.14. The van der Waals surface area contributed by atoms with Crippen LogP contribution in [-0.2, 0) is 10.2 Å². The molecule has 3 rings (SSSR count). The molecular formula is C18H27N3O. The molecule has 0 spiro atoms. The van der Waals surface area contributed by atoms with Crippen LogP contribution in [0.3, 0.4) is 0 Å². The van der Waals surface area contributed by atoms with Crippen molar-refractivity contribution in [2.45, 2.75) is 31.1 Å². The van der Waals surface area contributed by atoms with Gasteiger partial charge in [0.05, 0.1) is 6.61 Å². The van der Waals surface area contributed by atoms with E-state index in [0.717, 1.165) is 38.2 Å². The Labute approximate surface area is 133 Å². The lowest BCUT2D eigenvalue weighted by Crippen LogP contribution is -2.42. The zero-order valence-corrected chi connectivity index (χ0v) is 13.5. The minimum atomic E-state index is 0.307. The third kappa shape index (κ3) is 4.23. The third-order valence-electron chi connectivity index (χ3n) is 4.65. The molecule has 22 heavy (non-hydrogen) atoms. The van der Waals surface area contributed by atoms with Crippen LogP contribution >= 0.6 is 0 Å². The zero-order valence-electron chi connectivity index (χ0n) is 13.5. The third-order valence-corrected chi connectivity index (χ3v) is 4.65. The Hall–Kier alpha value is -1.55. The van der Waals surface area contributed by atoms with Gasteiger partial charge >= 0.3 is 0 Å². The fraction of sp³-hybridized carbons (Fsp3) is 0.611. The molecular weight excluding hydrogens is 274 g/mol. The summed E-state index contributed by atoms with van der Waals surface area (Å²) < 4.78 is 5.63. The van der Waals surface area contributed by atoms with Gasteiger partial charge in [0, 0.05) is 32.2 Å². The molecule has 120 valence electrons. The van der Waals surface area contributed by atoms with E-state index < -0.39 is 0 Å². The Kier molecular flexibility index (Phi) is 4.98. The predicted molar refractivity (Wildman–Crippen MR) is 90.3 cm³/mol. The minimum absolute atomic E-state index is 0.307. The first-order chi connectivity index (χ1) is 10.8. The maximum absolute atomic E-state index is 5.63. The number of hydrogen-bond acceptors (Lipinski definition) is 2.